The number of hydrogen-bond donors (Lipinski definition) is 1. The van der Waals surface area contributed by atoms with Gasteiger partial charge in [0.15, 0.2) is 0 Å². The Labute approximate surface area is 136 Å². The van der Waals surface area contributed by atoms with Crippen LogP contribution in [0.2, 0.25) is 0 Å². The van der Waals surface area contributed by atoms with Crippen LogP contribution in [0.4, 0.5) is 5.69 Å². The summed E-state index contributed by atoms with van der Waals surface area (Å²) in [6, 6.07) is 12.3. The number of benzene rings is 2. The topological polar surface area (TPSA) is 21.3 Å². The molecule has 2 nitrogen and oxygen atoms in total. The van der Waals surface area contributed by atoms with E-state index in [0.29, 0.717) is 6.61 Å². The van der Waals surface area contributed by atoms with Crippen molar-refractivity contribution in [3.8, 4) is 5.75 Å². The first kappa shape index (κ1) is 15.4. The van der Waals surface area contributed by atoms with E-state index in [1.807, 2.05) is 25.1 Å². The first-order valence-corrected chi connectivity index (χ1v) is 8.10. The van der Waals surface area contributed by atoms with Crippen molar-refractivity contribution in [1.82, 2.24) is 0 Å². The molecule has 2 rings (SSSR count). The Kier molecular flexibility index (Phi) is 5.49. The normalized spacial score (nSPS) is 10.4. The maximum absolute atomic E-state index is 5.64. The van der Waals surface area contributed by atoms with Crippen molar-refractivity contribution in [1.29, 1.82) is 0 Å². The largest absolute Gasteiger partial charge is 0.494 e. The van der Waals surface area contributed by atoms with E-state index < -0.39 is 0 Å². The van der Waals surface area contributed by atoms with E-state index >= 15 is 0 Å². The summed E-state index contributed by atoms with van der Waals surface area (Å²) >= 11 is 7.19. The van der Waals surface area contributed by atoms with Gasteiger partial charge in [0, 0.05) is 21.1 Å². The second-order valence-corrected chi connectivity index (χ2v) is 6.21. The van der Waals surface area contributed by atoms with Crippen molar-refractivity contribution >= 4 is 37.5 Å². The standard InChI is InChI=1S/C16H17Br2NO/c1-3-20-15-7-5-4-6-12(15)10-19-16-13(17)8-11(2)9-14(16)18/h4-9,19H,3,10H2,1-2H3. The molecule has 0 spiro atoms. The van der Waals surface area contributed by atoms with Crippen LogP contribution in [0.1, 0.15) is 18.1 Å². The highest BCUT2D eigenvalue weighted by Gasteiger charge is 2.08. The van der Waals surface area contributed by atoms with Crippen molar-refractivity contribution in [2.75, 3.05) is 11.9 Å². The van der Waals surface area contributed by atoms with Crippen LogP contribution in [0.5, 0.6) is 5.75 Å². The molecule has 0 radical (unpaired) electrons. The molecule has 0 aromatic heterocycles. The van der Waals surface area contributed by atoms with Crippen LogP contribution in [0.3, 0.4) is 0 Å². The van der Waals surface area contributed by atoms with Crippen molar-refractivity contribution in [2.45, 2.75) is 20.4 Å². The van der Waals surface area contributed by atoms with E-state index in [-0.39, 0.29) is 0 Å². The zero-order valence-electron chi connectivity index (χ0n) is 11.5. The van der Waals surface area contributed by atoms with Gasteiger partial charge in [-0.2, -0.15) is 0 Å². The van der Waals surface area contributed by atoms with Gasteiger partial charge >= 0.3 is 0 Å². The van der Waals surface area contributed by atoms with E-state index in [9.17, 15) is 0 Å². The Bertz CT molecular complexity index is 576. The smallest absolute Gasteiger partial charge is 0.124 e. The van der Waals surface area contributed by atoms with Crippen molar-refractivity contribution < 1.29 is 4.74 Å². The fourth-order valence-corrected chi connectivity index (χ4v) is 3.69. The van der Waals surface area contributed by atoms with Crippen LogP contribution in [0, 0.1) is 6.92 Å². The molecule has 2 aromatic rings. The molecule has 106 valence electrons. The molecule has 0 bridgehead atoms. The lowest BCUT2D eigenvalue weighted by Crippen LogP contribution is -2.04. The predicted octanol–water partition coefficient (Wildman–Crippen LogP) is 5.53. The third kappa shape index (κ3) is 3.76. The van der Waals surface area contributed by atoms with Gasteiger partial charge in [0.25, 0.3) is 0 Å². The number of anilines is 1. The Hall–Kier alpha value is -1.000. The summed E-state index contributed by atoms with van der Waals surface area (Å²) in [5.41, 5.74) is 3.42. The molecule has 0 atom stereocenters. The molecule has 0 fully saturated rings. The van der Waals surface area contributed by atoms with Gasteiger partial charge in [-0.15, -0.1) is 0 Å². The molecular formula is C16H17Br2NO. The molecule has 4 heteroatoms. The van der Waals surface area contributed by atoms with Crippen molar-refractivity contribution in [2.24, 2.45) is 0 Å². The van der Waals surface area contributed by atoms with Gasteiger partial charge in [-0.1, -0.05) is 18.2 Å². The summed E-state index contributed by atoms with van der Waals surface area (Å²) in [7, 11) is 0. The number of rotatable bonds is 5. The number of aryl methyl sites for hydroxylation is 1. The zero-order valence-corrected chi connectivity index (χ0v) is 14.7. The van der Waals surface area contributed by atoms with Gasteiger partial charge in [0.2, 0.25) is 0 Å². The molecule has 20 heavy (non-hydrogen) atoms. The number of para-hydroxylation sites is 1. The highest BCUT2D eigenvalue weighted by molar-refractivity contribution is 9.11. The van der Waals surface area contributed by atoms with Crippen molar-refractivity contribution in [3.05, 3.63) is 56.5 Å². The Balaban J connectivity index is 2.17. The van der Waals surface area contributed by atoms with Crippen LogP contribution in [0.25, 0.3) is 0 Å². The number of hydrogen-bond acceptors (Lipinski definition) is 2. The number of nitrogens with one attached hydrogen (secondary N) is 1. The Morgan fingerprint density at radius 2 is 1.75 bits per heavy atom. The van der Waals surface area contributed by atoms with E-state index in [2.05, 4.69) is 62.3 Å². The third-order valence-corrected chi connectivity index (χ3v) is 4.17. The summed E-state index contributed by atoms with van der Waals surface area (Å²) in [6.07, 6.45) is 0. The average Bonchev–Trinajstić information content (AvgIpc) is 2.39. The summed E-state index contributed by atoms with van der Waals surface area (Å²) in [5.74, 6) is 0.932. The molecule has 0 unspecified atom stereocenters. The van der Waals surface area contributed by atoms with Crippen LogP contribution >= 0.6 is 31.9 Å². The summed E-state index contributed by atoms with van der Waals surface area (Å²) in [5, 5.41) is 3.45. The van der Waals surface area contributed by atoms with Gasteiger partial charge in [-0.25, -0.2) is 0 Å². The Morgan fingerprint density at radius 3 is 2.40 bits per heavy atom. The number of ether oxygens (including phenoxy) is 1. The van der Waals surface area contributed by atoms with Crippen LogP contribution < -0.4 is 10.1 Å². The first-order chi connectivity index (χ1) is 9.61. The summed E-state index contributed by atoms with van der Waals surface area (Å²) in [6.45, 7) is 5.46. The zero-order chi connectivity index (χ0) is 14.5. The lowest BCUT2D eigenvalue weighted by molar-refractivity contribution is 0.337. The van der Waals surface area contributed by atoms with E-state index in [1.165, 1.54) is 5.56 Å². The average molecular weight is 399 g/mol. The lowest BCUT2D eigenvalue weighted by atomic mass is 10.2. The van der Waals surface area contributed by atoms with Gasteiger partial charge in [-0.3, -0.25) is 0 Å². The van der Waals surface area contributed by atoms with E-state index in [4.69, 9.17) is 4.74 Å². The van der Waals surface area contributed by atoms with E-state index in [1.54, 1.807) is 0 Å². The quantitative estimate of drug-likeness (QED) is 0.714. The van der Waals surface area contributed by atoms with Gasteiger partial charge in [0.05, 0.1) is 12.3 Å². The molecule has 0 aliphatic rings. The van der Waals surface area contributed by atoms with Crippen molar-refractivity contribution in [3.63, 3.8) is 0 Å². The highest BCUT2D eigenvalue weighted by Crippen LogP contribution is 2.33. The second-order valence-electron chi connectivity index (χ2n) is 4.50. The lowest BCUT2D eigenvalue weighted by Gasteiger charge is -2.14. The molecule has 1 N–H and O–H groups in total. The Morgan fingerprint density at radius 1 is 1.10 bits per heavy atom. The highest BCUT2D eigenvalue weighted by atomic mass is 79.9. The van der Waals surface area contributed by atoms with Crippen LogP contribution in [0.15, 0.2) is 45.3 Å². The monoisotopic (exact) mass is 397 g/mol. The SMILES string of the molecule is CCOc1ccccc1CNc1c(Br)cc(C)cc1Br. The van der Waals surface area contributed by atoms with Gasteiger partial charge in [0.1, 0.15) is 5.75 Å². The predicted molar refractivity (Wildman–Crippen MR) is 91.5 cm³/mol. The van der Waals surface area contributed by atoms with Crippen LogP contribution in [-0.4, -0.2) is 6.61 Å². The minimum Gasteiger partial charge on any atom is -0.494 e. The third-order valence-electron chi connectivity index (χ3n) is 2.91. The molecule has 0 aliphatic heterocycles. The summed E-state index contributed by atoms with van der Waals surface area (Å²) < 4.78 is 7.75. The number of halogens is 2. The second kappa shape index (κ2) is 7.14. The minimum absolute atomic E-state index is 0.676. The molecule has 0 saturated carbocycles. The molecular weight excluding hydrogens is 382 g/mol. The fraction of sp³-hybridized carbons (Fsp3) is 0.250. The first-order valence-electron chi connectivity index (χ1n) is 6.52. The van der Waals surface area contributed by atoms with E-state index in [0.717, 1.165) is 32.5 Å². The molecule has 0 heterocycles. The maximum Gasteiger partial charge on any atom is 0.124 e. The molecule has 0 aliphatic carbocycles. The minimum atomic E-state index is 0.676. The maximum atomic E-state index is 5.64. The van der Waals surface area contributed by atoms with Gasteiger partial charge in [-0.05, 0) is 69.5 Å². The molecule has 2 aromatic carbocycles. The fourth-order valence-electron chi connectivity index (χ4n) is 2.00. The summed E-state index contributed by atoms with van der Waals surface area (Å²) in [4.78, 5) is 0. The van der Waals surface area contributed by atoms with Gasteiger partial charge < -0.3 is 10.1 Å². The van der Waals surface area contributed by atoms with Crippen LogP contribution in [-0.2, 0) is 6.54 Å². The molecule has 0 saturated heterocycles. The molecule has 0 amide bonds.